The second kappa shape index (κ2) is 6.76. The van der Waals surface area contributed by atoms with E-state index in [4.69, 9.17) is 14.6 Å². The number of aryl methyl sites for hydroxylation is 1. The number of benzene rings is 1. The Bertz CT molecular complexity index is 339. The van der Waals surface area contributed by atoms with E-state index in [9.17, 15) is 0 Å². The minimum atomic E-state index is 0.190. The van der Waals surface area contributed by atoms with Gasteiger partial charge in [-0.25, -0.2) is 0 Å². The van der Waals surface area contributed by atoms with E-state index >= 15 is 0 Å². The molecule has 3 nitrogen and oxygen atoms in total. The fourth-order valence-corrected chi connectivity index (χ4v) is 2.04. The van der Waals surface area contributed by atoms with Crippen LogP contribution in [0.4, 0.5) is 0 Å². The van der Waals surface area contributed by atoms with Gasteiger partial charge in [-0.3, -0.25) is 0 Å². The van der Waals surface area contributed by atoms with Crippen molar-refractivity contribution in [3.8, 4) is 11.5 Å². The Kier molecular flexibility index (Phi) is 5.63. The quantitative estimate of drug-likeness (QED) is 0.875. The number of ether oxygens (including phenoxy) is 2. The summed E-state index contributed by atoms with van der Waals surface area (Å²) >= 11 is 3.44. The first-order chi connectivity index (χ1) is 7.72. The highest BCUT2D eigenvalue weighted by atomic mass is 79.9. The molecule has 0 amide bonds. The van der Waals surface area contributed by atoms with Crippen molar-refractivity contribution in [3.05, 3.63) is 22.2 Å². The largest absolute Gasteiger partial charge is 0.495 e. The number of hydrogen-bond donors (Lipinski definition) is 1. The lowest BCUT2D eigenvalue weighted by molar-refractivity contribution is 0.286. The van der Waals surface area contributed by atoms with Gasteiger partial charge in [0.15, 0.2) is 0 Å². The predicted octanol–water partition coefficient (Wildman–Crippen LogP) is 2.78. The van der Waals surface area contributed by atoms with Crippen molar-refractivity contribution in [3.63, 3.8) is 0 Å². The monoisotopic (exact) mass is 288 g/mol. The summed E-state index contributed by atoms with van der Waals surface area (Å²) < 4.78 is 11.7. The number of methoxy groups -OCH3 is 1. The zero-order chi connectivity index (χ0) is 12.0. The number of rotatable bonds is 6. The molecule has 0 unspecified atom stereocenters. The highest BCUT2D eigenvalue weighted by Crippen LogP contribution is 2.33. The van der Waals surface area contributed by atoms with E-state index in [2.05, 4.69) is 15.9 Å². The molecule has 0 spiro atoms. The van der Waals surface area contributed by atoms with Crippen LogP contribution >= 0.6 is 15.9 Å². The molecule has 0 fully saturated rings. The number of hydrogen-bond acceptors (Lipinski definition) is 3. The van der Waals surface area contributed by atoms with Gasteiger partial charge in [0.1, 0.15) is 11.5 Å². The van der Waals surface area contributed by atoms with E-state index in [1.165, 1.54) is 0 Å². The molecular weight excluding hydrogens is 272 g/mol. The topological polar surface area (TPSA) is 38.7 Å². The van der Waals surface area contributed by atoms with Gasteiger partial charge in [-0.05, 0) is 47.3 Å². The summed E-state index contributed by atoms with van der Waals surface area (Å²) in [5.74, 6) is 1.59. The molecule has 0 bridgehead atoms. The summed E-state index contributed by atoms with van der Waals surface area (Å²) in [4.78, 5) is 0. The average Bonchev–Trinajstić information content (AvgIpc) is 2.29. The van der Waals surface area contributed by atoms with Crippen LogP contribution in [0.3, 0.4) is 0 Å². The molecule has 0 aliphatic heterocycles. The van der Waals surface area contributed by atoms with Crippen molar-refractivity contribution in [2.24, 2.45) is 0 Å². The summed E-state index contributed by atoms with van der Waals surface area (Å²) in [5, 5.41) is 8.84. The Labute approximate surface area is 105 Å². The SMILES string of the molecule is CCOc1cc(OC)c(Br)cc1CCCO. The van der Waals surface area contributed by atoms with Crippen LogP contribution in [0.1, 0.15) is 18.9 Å². The van der Waals surface area contributed by atoms with Crippen molar-refractivity contribution in [1.82, 2.24) is 0 Å². The molecule has 0 aliphatic carbocycles. The molecular formula is C12H17BrO3. The lowest BCUT2D eigenvalue weighted by atomic mass is 10.1. The van der Waals surface area contributed by atoms with Crippen LogP contribution < -0.4 is 9.47 Å². The smallest absolute Gasteiger partial charge is 0.136 e. The van der Waals surface area contributed by atoms with Gasteiger partial charge in [0.05, 0.1) is 18.2 Å². The molecule has 1 N–H and O–H groups in total. The Morgan fingerprint density at radius 3 is 2.62 bits per heavy atom. The maximum absolute atomic E-state index is 8.84. The number of aliphatic hydroxyl groups excluding tert-OH is 1. The van der Waals surface area contributed by atoms with Crippen LogP contribution in [-0.2, 0) is 6.42 Å². The lowest BCUT2D eigenvalue weighted by Crippen LogP contribution is -1.99. The van der Waals surface area contributed by atoms with Crippen molar-refractivity contribution >= 4 is 15.9 Å². The van der Waals surface area contributed by atoms with Gasteiger partial charge >= 0.3 is 0 Å². The van der Waals surface area contributed by atoms with Crippen molar-refractivity contribution in [2.75, 3.05) is 20.3 Å². The summed E-state index contributed by atoms with van der Waals surface area (Å²) in [6, 6.07) is 3.86. The van der Waals surface area contributed by atoms with Gasteiger partial charge in [0.2, 0.25) is 0 Å². The van der Waals surface area contributed by atoms with E-state index in [0.29, 0.717) is 6.61 Å². The molecule has 1 aromatic rings. The standard InChI is InChI=1S/C12H17BrO3/c1-3-16-11-8-12(15-2)10(13)7-9(11)5-4-6-14/h7-8,14H,3-6H2,1-2H3. The van der Waals surface area contributed by atoms with Crippen LogP contribution in [0, 0.1) is 0 Å². The predicted molar refractivity (Wildman–Crippen MR) is 67.3 cm³/mol. The molecule has 16 heavy (non-hydrogen) atoms. The van der Waals surface area contributed by atoms with Crippen LogP contribution in [0.2, 0.25) is 0 Å². The normalized spacial score (nSPS) is 10.2. The Balaban J connectivity index is 2.98. The lowest BCUT2D eigenvalue weighted by Gasteiger charge is -2.13. The molecule has 0 saturated carbocycles. The van der Waals surface area contributed by atoms with Gasteiger partial charge in [-0.2, -0.15) is 0 Å². The summed E-state index contributed by atoms with van der Waals surface area (Å²) in [7, 11) is 1.63. The third-order valence-corrected chi connectivity index (χ3v) is 2.86. The highest BCUT2D eigenvalue weighted by Gasteiger charge is 2.09. The van der Waals surface area contributed by atoms with Gasteiger partial charge in [-0.1, -0.05) is 0 Å². The van der Waals surface area contributed by atoms with E-state index in [-0.39, 0.29) is 6.61 Å². The first-order valence-electron chi connectivity index (χ1n) is 5.33. The van der Waals surface area contributed by atoms with E-state index in [0.717, 1.165) is 34.4 Å². The summed E-state index contributed by atoms with van der Waals surface area (Å²) in [6.07, 6.45) is 1.53. The zero-order valence-electron chi connectivity index (χ0n) is 9.62. The maximum atomic E-state index is 8.84. The molecule has 1 aromatic carbocycles. The molecule has 0 saturated heterocycles. The third-order valence-electron chi connectivity index (χ3n) is 2.24. The fourth-order valence-electron chi connectivity index (χ4n) is 1.49. The minimum absolute atomic E-state index is 0.190. The Morgan fingerprint density at radius 1 is 1.31 bits per heavy atom. The Morgan fingerprint density at radius 2 is 2.06 bits per heavy atom. The van der Waals surface area contributed by atoms with Gasteiger partial charge in [0, 0.05) is 12.7 Å². The van der Waals surface area contributed by atoms with E-state index < -0.39 is 0 Å². The minimum Gasteiger partial charge on any atom is -0.495 e. The molecule has 0 heterocycles. The molecule has 0 aliphatic rings. The fraction of sp³-hybridized carbons (Fsp3) is 0.500. The van der Waals surface area contributed by atoms with Crippen LogP contribution in [0.5, 0.6) is 11.5 Å². The molecule has 0 radical (unpaired) electrons. The first kappa shape index (κ1) is 13.3. The summed E-state index contributed by atoms with van der Waals surface area (Å²) in [6.45, 7) is 2.76. The number of halogens is 1. The third kappa shape index (κ3) is 3.39. The summed E-state index contributed by atoms with van der Waals surface area (Å²) in [5.41, 5.74) is 1.09. The van der Waals surface area contributed by atoms with Gasteiger partial charge in [0.25, 0.3) is 0 Å². The molecule has 4 heteroatoms. The Hall–Kier alpha value is -0.740. The van der Waals surface area contributed by atoms with Crippen LogP contribution in [-0.4, -0.2) is 25.4 Å². The average molecular weight is 289 g/mol. The van der Waals surface area contributed by atoms with Crippen LogP contribution in [0.15, 0.2) is 16.6 Å². The van der Waals surface area contributed by atoms with Crippen molar-refractivity contribution < 1.29 is 14.6 Å². The molecule has 1 rings (SSSR count). The first-order valence-corrected chi connectivity index (χ1v) is 6.12. The zero-order valence-corrected chi connectivity index (χ0v) is 11.2. The van der Waals surface area contributed by atoms with Gasteiger partial charge in [-0.15, -0.1) is 0 Å². The number of aliphatic hydroxyl groups is 1. The highest BCUT2D eigenvalue weighted by molar-refractivity contribution is 9.10. The molecule has 0 atom stereocenters. The second-order valence-corrected chi connectivity index (χ2v) is 4.21. The molecule has 90 valence electrons. The van der Waals surface area contributed by atoms with Crippen molar-refractivity contribution in [1.29, 1.82) is 0 Å². The second-order valence-electron chi connectivity index (χ2n) is 3.35. The van der Waals surface area contributed by atoms with E-state index in [1.54, 1.807) is 7.11 Å². The maximum Gasteiger partial charge on any atom is 0.136 e. The van der Waals surface area contributed by atoms with E-state index in [1.807, 2.05) is 19.1 Å². The van der Waals surface area contributed by atoms with Crippen LogP contribution in [0.25, 0.3) is 0 Å². The molecule has 0 aromatic heterocycles. The van der Waals surface area contributed by atoms with Gasteiger partial charge < -0.3 is 14.6 Å². The van der Waals surface area contributed by atoms with Crippen molar-refractivity contribution in [2.45, 2.75) is 19.8 Å².